The fraction of sp³-hybridized carbons (Fsp3) is 0.611. The predicted octanol–water partition coefficient (Wildman–Crippen LogP) is 1.40. The molecule has 0 atom stereocenters. The fourth-order valence-electron chi connectivity index (χ4n) is 3.28. The summed E-state index contributed by atoms with van der Waals surface area (Å²) < 4.78 is 1.71. The highest BCUT2D eigenvalue weighted by Gasteiger charge is 2.21. The van der Waals surface area contributed by atoms with Crippen LogP contribution in [0.1, 0.15) is 42.6 Å². The molecule has 3 rings (SSSR count). The van der Waals surface area contributed by atoms with Crippen molar-refractivity contribution in [2.45, 2.75) is 39.3 Å². The van der Waals surface area contributed by atoms with Crippen LogP contribution in [0.3, 0.4) is 0 Å². The summed E-state index contributed by atoms with van der Waals surface area (Å²) >= 11 is 0. The Morgan fingerprint density at radius 1 is 1.28 bits per heavy atom. The van der Waals surface area contributed by atoms with Crippen LogP contribution in [0.4, 0.5) is 0 Å². The summed E-state index contributed by atoms with van der Waals surface area (Å²) in [6.07, 6.45) is 7.41. The largest absolute Gasteiger partial charge is 0.349 e. The first-order valence-corrected chi connectivity index (χ1v) is 9.14. The van der Waals surface area contributed by atoms with Gasteiger partial charge in [-0.3, -0.25) is 9.69 Å². The molecule has 1 aliphatic heterocycles. The van der Waals surface area contributed by atoms with E-state index in [4.69, 9.17) is 0 Å². The summed E-state index contributed by atoms with van der Waals surface area (Å²) in [5.74, 6) is -0.0754. The van der Waals surface area contributed by atoms with Crippen molar-refractivity contribution in [2.24, 2.45) is 0 Å². The van der Waals surface area contributed by atoms with Crippen LogP contribution in [-0.4, -0.2) is 69.6 Å². The molecule has 0 saturated carbocycles. The van der Waals surface area contributed by atoms with E-state index in [2.05, 4.69) is 46.1 Å². The molecule has 3 heterocycles. The summed E-state index contributed by atoms with van der Waals surface area (Å²) in [6, 6.07) is 0.237. The van der Waals surface area contributed by atoms with Crippen molar-refractivity contribution in [1.29, 1.82) is 0 Å². The highest BCUT2D eigenvalue weighted by molar-refractivity contribution is 5.99. The highest BCUT2D eigenvalue weighted by atomic mass is 16.1. The molecule has 0 radical (unpaired) electrons. The standard InChI is InChI=1S/C18H28N6O/c1-4-23(5-2)12-14-10-19-17-16(11-20-24(17)13-14)18(25)21-15-6-8-22(3)9-7-15/h10-11,13,15H,4-9,12H2,1-3H3,(H,21,25). The van der Waals surface area contributed by atoms with Crippen LogP contribution < -0.4 is 5.32 Å². The third kappa shape index (κ3) is 4.16. The van der Waals surface area contributed by atoms with Crippen LogP contribution in [-0.2, 0) is 6.54 Å². The molecule has 0 spiro atoms. The van der Waals surface area contributed by atoms with E-state index >= 15 is 0 Å². The lowest BCUT2D eigenvalue weighted by atomic mass is 10.1. The number of carbonyl (C=O) groups is 1. The van der Waals surface area contributed by atoms with Gasteiger partial charge < -0.3 is 10.2 Å². The quantitative estimate of drug-likeness (QED) is 0.858. The minimum absolute atomic E-state index is 0.0754. The molecule has 2 aromatic heterocycles. The second kappa shape index (κ2) is 7.93. The van der Waals surface area contributed by atoms with Crippen molar-refractivity contribution < 1.29 is 4.79 Å². The number of rotatable bonds is 6. The number of piperidine rings is 1. The Kier molecular flexibility index (Phi) is 5.65. The zero-order chi connectivity index (χ0) is 17.8. The van der Waals surface area contributed by atoms with Gasteiger partial charge in [0.15, 0.2) is 5.65 Å². The second-order valence-electron chi connectivity index (χ2n) is 6.80. The van der Waals surface area contributed by atoms with Crippen molar-refractivity contribution in [3.05, 3.63) is 29.7 Å². The molecule has 136 valence electrons. The average Bonchev–Trinajstić information content (AvgIpc) is 3.05. The third-order valence-electron chi connectivity index (χ3n) is 5.01. The van der Waals surface area contributed by atoms with E-state index in [-0.39, 0.29) is 11.9 Å². The second-order valence-corrected chi connectivity index (χ2v) is 6.80. The van der Waals surface area contributed by atoms with Crippen LogP contribution in [0.5, 0.6) is 0 Å². The first kappa shape index (κ1) is 17.8. The molecule has 2 aromatic rings. The Hall–Kier alpha value is -1.99. The van der Waals surface area contributed by atoms with Crippen molar-refractivity contribution >= 4 is 11.6 Å². The summed E-state index contributed by atoms with van der Waals surface area (Å²) in [6.45, 7) is 9.17. The molecule has 0 bridgehead atoms. The van der Waals surface area contributed by atoms with Gasteiger partial charge in [-0.15, -0.1) is 0 Å². The van der Waals surface area contributed by atoms with E-state index in [1.54, 1.807) is 10.7 Å². The molecular formula is C18H28N6O. The molecule has 0 aliphatic carbocycles. The first-order valence-electron chi connectivity index (χ1n) is 9.14. The Balaban J connectivity index is 1.71. The number of carbonyl (C=O) groups excluding carboxylic acids is 1. The van der Waals surface area contributed by atoms with E-state index in [1.807, 2.05) is 12.4 Å². The van der Waals surface area contributed by atoms with Crippen molar-refractivity contribution in [3.8, 4) is 0 Å². The van der Waals surface area contributed by atoms with Crippen molar-refractivity contribution in [2.75, 3.05) is 33.2 Å². The molecular weight excluding hydrogens is 316 g/mol. The molecule has 0 aromatic carbocycles. The summed E-state index contributed by atoms with van der Waals surface area (Å²) in [5, 5.41) is 7.46. The maximum atomic E-state index is 12.6. The maximum absolute atomic E-state index is 12.6. The number of fused-ring (bicyclic) bond motifs is 1. The van der Waals surface area contributed by atoms with Crippen molar-refractivity contribution in [3.63, 3.8) is 0 Å². The normalized spacial score (nSPS) is 16.6. The monoisotopic (exact) mass is 344 g/mol. The van der Waals surface area contributed by atoms with Gasteiger partial charge in [0, 0.05) is 30.5 Å². The number of likely N-dealkylation sites (tertiary alicyclic amines) is 1. The summed E-state index contributed by atoms with van der Waals surface area (Å²) in [7, 11) is 2.11. The Morgan fingerprint density at radius 2 is 2.00 bits per heavy atom. The average molecular weight is 344 g/mol. The molecule has 1 amide bonds. The molecule has 0 unspecified atom stereocenters. The minimum Gasteiger partial charge on any atom is -0.349 e. The van der Waals surface area contributed by atoms with Gasteiger partial charge in [0.25, 0.3) is 5.91 Å². The lowest BCUT2D eigenvalue weighted by Gasteiger charge is -2.29. The molecule has 7 nitrogen and oxygen atoms in total. The number of hydrogen-bond acceptors (Lipinski definition) is 5. The third-order valence-corrected chi connectivity index (χ3v) is 5.01. The number of amides is 1. The molecule has 1 N–H and O–H groups in total. The molecule has 7 heteroatoms. The van der Waals surface area contributed by atoms with E-state index < -0.39 is 0 Å². The zero-order valence-corrected chi connectivity index (χ0v) is 15.4. The Labute approximate surface area is 149 Å². The summed E-state index contributed by atoms with van der Waals surface area (Å²) in [5.41, 5.74) is 2.27. The van der Waals surface area contributed by atoms with Crippen LogP contribution in [0, 0.1) is 0 Å². The van der Waals surface area contributed by atoms with Gasteiger partial charge in [-0.05, 0) is 46.1 Å². The Morgan fingerprint density at radius 3 is 2.68 bits per heavy atom. The van der Waals surface area contributed by atoms with Gasteiger partial charge in [-0.2, -0.15) is 5.10 Å². The van der Waals surface area contributed by atoms with Gasteiger partial charge in [0.05, 0.1) is 6.20 Å². The van der Waals surface area contributed by atoms with E-state index in [0.29, 0.717) is 11.2 Å². The smallest absolute Gasteiger partial charge is 0.256 e. The SMILES string of the molecule is CCN(CC)Cc1cnc2c(C(=O)NC3CCN(C)CC3)cnn2c1. The van der Waals surface area contributed by atoms with Gasteiger partial charge in [-0.1, -0.05) is 13.8 Å². The van der Waals surface area contributed by atoms with E-state index in [0.717, 1.165) is 51.1 Å². The van der Waals surface area contributed by atoms with Gasteiger partial charge in [-0.25, -0.2) is 9.50 Å². The minimum atomic E-state index is -0.0754. The number of hydrogen-bond donors (Lipinski definition) is 1. The molecule has 1 aliphatic rings. The maximum Gasteiger partial charge on any atom is 0.256 e. The van der Waals surface area contributed by atoms with E-state index in [1.165, 1.54) is 0 Å². The Bertz CT molecular complexity index is 715. The first-order chi connectivity index (χ1) is 12.1. The highest BCUT2D eigenvalue weighted by Crippen LogP contribution is 2.13. The number of aromatic nitrogens is 3. The van der Waals surface area contributed by atoms with Crippen LogP contribution in [0.25, 0.3) is 5.65 Å². The van der Waals surface area contributed by atoms with Crippen LogP contribution >= 0.6 is 0 Å². The van der Waals surface area contributed by atoms with Crippen LogP contribution in [0.2, 0.25) is 0 Å². The molecule has 25 heavy (non-hydrogen) atoms. The number of nitrogens with one attached hydrogen (secondary N) is 1. The molecule has 1 fully saturated rings. The molecule has 1 saturated heterocycles. The van der Waals surface area contributed by atoms with Gasteiger partial charge >= 0.3 is 0 Å². The predicted molar refractivity (Wildman–Crippen MR) is 97.6 cm³/mol. The van der Waals surface area contributed by atoms with Gasteiger partial charge in [0.1, 0.15) is 5.56 Å². The fourth-order valence-corrected chi connectivity index (χ4v) is 3.28. The lowest BCUT2D eigenvalue weighted by Crippen LogP contribution is -2.43. The lowest BCUT2D eigenvalue weighted by molar-refractivity contribution is 0.0918. The number of nitrogens with zero attached hydrogens (tertiary/aromatic N) is 5. The van der Waals surface area contributed by atoms with E-state index in [9.17, 15) is 4.79 Å². The summed E-state index contributed by atoms with van der Waals surface area (Å²) in [4.78, 5) is 21.7. The zero-order valence-electron chi connectivity index (χ0n) is 15.4. The van der Waals surface area contributed by atoms with Crippen LogP contribution in [0.15, 0.2) is 18.6 Å². The van der Waals surface area contributed by atoms with Crippen molar-refractivity contribution in [1.82, 2.24) is 29.7 Å². The topological polar surface area (TPSA) is 65.8 Å². The van der Waals surface area contributed by atoms with Gasteiger partial charge in [0.2, 0.25) is 0 Å².